The molecule has 9 nitrogen and oxygen atoms in total. The van der Waals surface area contributed by atoms with Crippen LogP contribution in [-0.2, 0) is 15.7 Å². The summed E-state index contributed by atoms with van der Waals surface area (Å²) in [6.45, 7) is 1.18. The molecule has 2 aliphatic rings. The number of carbonyl (C=O) groups excluding carboxylic acids is 1. The second-order valence-corrected chi connectivity index (χ2v) is 9.31. The van der Waals surface area contributed by atoms with Gasteiger partial charge in [0.05, 0.1) is 30.0 Å². The van der Waals surface area contributed by atoms with Crippen molar-refractivity contribution in [3.05, 3.63) is 77.8 Å². The molecule has 0 atom stereocenters. The van der Waals surface area contributed by atoms with Crippen LogP contribution in [0.1, 0.15) is 40.9 Å². The summed E-state index contributed by atoms with van der Waals surface area (Å²) in [5, 5.41) is 2.41. The van der Waals surface area contributed by atoms with E-state index >= 15 is 0 Å². The zero-order valence-electron chi connectivity index (χ0n) is 20.5. The molecule has 4 heterocycles. The number of amides is 1. The van der Waals surface area contributed by atoms with Gasteiger partial charge in [0.25, 0.3) is 5.91 Å². The minimum atomic E-state index is -4.54. The Morgan fingerprint density at radius 3 is 2.49 bits per heavy atom. The standard InChI is InChI=1S/C27H23F3N6O3/c28-27(29,30)19-7-11-32-21(15-19)34-24(37)18-3-1-17(2-4-18)23-35-22(20-8-12-33-25(31)36(20)23)16-5-9-26(10-6-16)38-13-14-39-26/h1-5,7-8,11-12,15H,6,9-10,13-14H2,(H2,31,33)(H,32,34,37). The Balaban J connectivity index is 1.28. The van der Waals surface area contributed by atoms with Gasteiger partial charge in [-0.1, -0.05) is 18.2 Å². The van der Waals surface area contributed by atoms with Gasteiger partial charge < -0.3 is 20.5 Å². The number of rotatable bonds is 4. The van der Waals surface area contributed by atoms with E-state index in [0.717, 1.165) is 48.0 Å². The maximum Gasteiger partial charge on any atom is 0.416 e. The second-order valence-electron chi connectivity index (χ2n) is 9.31. The number of pyridine rings is 1. The minimum absolute atomic E-state index is 0.197. The van der Waals surface area contributed by atoms with Gasteiger partial charge in [-0.15, -0.1) is 0 Å². The molecular weight excluding hydrogens is 513 g/mol. The Bertz CT molecular complexity index is 1590. The number of allylic oxidation sites excluding steroid dienone is 1. The molecule has 1 fully saturated rings. The molecule has 39 heavy (non-hydrogen) atoms. The lowest BCUT2D eigenvalue weighted by Crippen LogP contribution is -2.31. The van der Waals surface area contributed by atoms with Crippen LogP contribution in [0.5, 0.6) is 0 Å². The van der Waals surface area contributed by atoms with Gasteiger partial charge in [-0.2, -0.15) is 13.2 Å². The van der Waals surface area contributed by atoms with E-state index in [1.165, 1.54) is 0 Å². The largest absolute Gasteiger partial charge is 0.416 e. The van der Waals surface area contributed by atoms with Crippen molar-refractivity contribution in [2.75, 3.05) is 24.3 Å². The van der Waals surface area contributed by atoms with Crippen molar-refractivity contribution in [3.63, 3.8) is 0 Å². The average Bonchev–Trinajstić information content (AvgIpc) is 3.55. The number of hydrogen-bond acceptors (Lipinski definition) is 7. The fourth-order valence-corrected chi connectivity index (χ4v) is 4.91. The number of nitrogens with two attached hydrogens (primary N) is 1. The van der Waals surface area contributed by atoms with Crippen molar-refractivity contribution in [3.8, 4) is 11.4 Å². The van der Waals surface area contributed by atoms with Crippen LogP contribution in [0.25, 0.3) is 22.5 Å². The maximum absolute atomic E-state index is 13.0. The molecular formula is C27H23F3N6O3. The summed E-state index contributed by atoms with van der Waals surface area (Å²) in [5.74, 6) is -0.540. The topological polar surface area (TPSA) is 117 Å². The molecule has 6 rings (SSSR count). The van der Waals surface area contributed by atoms with Crippen LogP contribution in [0.4, 0.5) is 24.9 Å². The number of nitrogens with zero attached hydrogens (tertiary/aromatic N) is 4. The van der Waals surface area contributed by atoms with E-state index in [4.69, 9.17) is 20.2 Å². The number of anilines is 2. The summed E-state index contributed by atoms with van der Waals surface area (Å²) in [5.41, 5.74) is 8.89. The minimum Gasteiger partial charge on any atom is -0.369 e. The number of nitrogen functional groups attached to an aromatic ring is 1. The highest BCUT2D eigenvalue weighted by Crippen LogP contribution is 2.40. The highest BCUT2D eigenvalue weighted by molar-refractivity contribution is 6.04. The number of alkyl halides is 3. The van der Waals surface area contributed by atoms with Gasteiger partial charge in [-0.3, -0.25) is 9.20 Å². The maximum atomic E-state index is 13.0. The normalized spacial score (nSPS) is 16.9. The number of ether oxygens (including phenoxy) is 2. The third-order valence-corrected chi connectivity index (χ3v) is 6.87. The monoisotopic (exact) mass is 536 g/mol. The molecule has 200 valence electrons. The molecule has 0 unspecified atom stereocenters. The fourth-order valence-electron chi connectivity index (χ4n) is 4.91. The van der Waals surface area contributed by atoms with Crippen molar-refractivity contribution in [1.82, 2.24) is 19.4 Å². The lowest BCUT2D eigenvalue weighted by Gasteiger charge is -2.30. The lowest BCUT2D eigenvalue weighted by atomic mass is 9.92. The highest BCUT2D eigenvalue weighted by atomic mass is 19.4. The summed E-state index contributed by atoms with van der Waals surface area (Å²) < 4.78 is 52.4. The van der Waals surface area contributed by atoms with Crippen molar-refractivity contribution in [1.29, 1.82) is 0 Å². The van der Waals surface area contributed by atoms with Crippen molar-refractivity contribution >= 4 is 28.8 Å². The lowest BCUT2D eigenvalue weighted by molar-refractivity contribution is -0.159. The predicted octanol–water partition coefficient (Wildman–Crippen LogP) is 4.96. The predicted molar refractivity (Wildman–Crippen MR) is 136 cm³/mol. The summed E-state index contributed by atoms with van der Waals surface area (Å²) in [7, 11) is 0. The molecule has 12 heteroatoms. The fraction of sp³-hybridized carbons (Fsp3) is 0.259. The first-order valence-corrected chi connectivity index (χ1v) is 12.3. The molecule has 3 aromatic heterocycles. The van der Waals surface area contributed by atoms with Crippen molar-refractivity contribution in [2.45, 2.75) is 31.2 Å². The Labute approximate surface area is 220 Å². The highest BCUT2D eigenvalue weighted by Gasteiger charge is 2.38. The second kappa shape index (κ2) is 9.47. The van der Waals surface area contributed by atoms with Gasteiger partial charge >= 0.3 is 6.18 Å². The van der Waals surface area contributed by atoms with Crippen LogP contribution < -0.4 is 11.1 Å². The molecule has 1 aliphatic heterocycles. The summed E-state index contributed by atoms with van der Waals surface area (Å²) in [6.07, 6.45) is 2.24. The van der Waals surface area contributed by atoms with E-state index in [0.29, 0.717) is 31.0 Å². The Morgan fingerprint density at radius 2 is 1.79 bits per heavy atom. The van der Waals surface area contributed by atoms with E-state index < -0.39 is 23.4 Å². The zero-order chi connectivity index (χ0) is 27.2. The van der Waals surface area contributed by atoms with Gasteiger partial charge in [0.15, 0.2) is 5.79 Å². The smallest absolute Gasteiger partial charge is 0.369 e. The Hall–Kier alpha value is -4.29. The van der Waals surface area contributed by atoms with E-state index in [9.17, 15) is 18.0 Å². The number of hydrogen-bond donors (Lipinski definition) is 2. The van der Waals surface area contributed by atoms with E-state index in [1.807, 2.05) is 6.07 Å². The molecule has 4 aromatic rings. The molecule has 3 N–H and O–H groups in total. The first-order chi connectivity index (χ1) is 18.7. The average molecular weight is 537 g/mol. The first kappa shape index (κ1) is 25.0. The molecule has 0 saturated carbocycles. The van der Waals surface area contributed by atoms with Gasteiger partial charge in [0, 0.05) is 36.4 Å². The van der Waals surface area contributed by atoms with Gasteiger partial charge in [-0.05, 0) is 42.3 Å². The van der Waals surface area contributed by atoms with Crippen molar-refractivity contribution < 1.29 is 27.4 Å². The van der Waals surface area contributed by atoms with Gasteiger partial charge in [0.1, 0.15) is 11.6 Å². The third kappa shape index (κ3) is 4.72. The number of carbonyl (C=O) groups is 1. The molecule has 0 radical (unpaired) electrons. The molecule has 1 spiro atoms. The Morgan fingerprint density at radius 1 is 1.05 bits per heavy atom. The first-order valence-electron chi connectivity index (χ1n) is 12.3. The van der Waals surface area contributed by atoms with E-state index in [2.05, 4.69) is 21.4 Å². The number of fused-ring (bicyclic) bond motifs is 1. The third-order valence-electron chi connectivity index (χ3n) is 6.87. The van der Waals surface area contributed by atoms with Crippen molar-refractivity contribution in [2.24, 2.45) is 0 Å². The van der Waals surface area contributed by atoms with Crippen LogP contribution in [0.2, 0.25) is 0 Å². The molecule has 1 saturated heterocycles. The van der Waals surface area contributed by atoms with Gasteiger partial charge in [0.2, 0.25) is 5.95 Å². The number of halogens is 3. The van der Waals surface area contributed by atoms with E-state index in [1.54, 1.807) is 34.9 Å². The van der Waals surface area contributed by atoms with Crippen LogP contribution >= 0.6 is 0 Å². The molecule has 1 amide bonds. The van der Waals surface area contributed by atoms with Crippen LogP contribution in [0, 0.1) is 0 Å². The van der Waals surface area contributed by atoms with E-state index in [-0.39, 0.29) is 17.3 Å². The summed E-state index contributed by atoms with van der Waals surface area (Å²) in [6, 6.07) is 9.99. The quantitative estimate of drug-likeness (QED) is 0.379. The number of aromatic nitrogens is 4. The van der Waals surface area contributed by atoms with Crippen LogP contribution in [-0.4, -0.2) is 44.3 Å². The molecule has 1 aromatic carbocycles. The number of nitrogens with one attached hydrogen (secondary N) is 1. The molecule has 0 bridgehead atoms. The number of imidazole rings is 1. The number of benzene rings is 1. The van der Waals surface area contributed by atoms with Gasteiger partial charge in [-0.25, -0.2) is 15.0 Å². The Kier molecular flexibility index (Phi) is 6.07. The van der Waals surface area contributed by atoms with Crippen LogP contribution in [0.15, 0.2) is 60.9 Å². The summed E-state index contributed by atoms with van der Waals surface area (Å²) in [4.78, 5) is 25.6. The van der Waals surface area contributed by atoms with Crippen LogP contribution in [0.3, 0.4) is 0 Å². The SMILES string of the molecule is Nc1nccc2c(C3=CCC4(CC3)OCCO4)nc(-c3ccc(C(=O)Nc4cc(C(F)(F)F)ccn4)cc3)n12. The zero-order valence-corrected chi connectivity index (χ0v) is 20.5. The summed E-state index contributed by atoms with van der Waals surface area (Å²) >= 11 is 0. The molecule has 1 aliphatic carbocycles.